The van der Waals surface area contributed by atoms with Gasteiger partial charge in [-0.05, 0) is 44.1 Å². The summed E-state index contributed by atoms with van der Waals surface area (Å²) in [6, 6.07) is 8.72. The summed E-state index contributed by atoms with van der Waals surface area (Å²) in [4.78, 5) is 17.9. The van der Waals surface area contributed by atoms with E-state index in [2.05, 4.69) is 46.3 Å². The fourth-order valence-electron chi connectivity index (χ4n) is 3.30. The van der Waals surface area contributed by atoms with Crippen LogP contribution in [0.4, 0.5) is 5.00 Å². The van der Waals surface area contributed by atoms with Crippen LogP contribution in [0.25, 0.3) is 0 Å². The van der Waals surface area contributed by atoms with Crippen molar-refractivity contribution < 1.29 is 9.53 Å². The SMILES string of the molecule is COC(=O)c1c(NC(=S)N2CCN(Cc3ccc(C)cc3)CC2)sc(C)c1C. The first kappa shape index (κ1) is 20.8. The number of aryl methyl sites for hydroxylation is 2. The molecule has 0 amide bonds. The van der Waals surface area contributed by atoms with Crippen LogP contribution in [0, 0.1) is 20.8 Å². The Morgan fingerprint density at radius 3 is 2.39 bits per heavy atom. The zero-order valence-corrected chi connectivity index (χ0v) is 18.5. The maximum absolute atomic E-state index is 12.1. The molecule has 1 saturated heterocycles. The molecule has 1 fully saturated rings. The van der Waals surface area contributed by atoms with Gasteiger partial charge in [0, 0.05) is 37.6 Å². The van der Waals surface area contributed by atoms with E-state index in [1.54, 1.807) is 11.3 Å². The zero-order valence-electron chi connectivity index (χ0n) is 16.9. The van der Waals surface area contributed by atoms with E-state index in [0.29, 0.717) is 10.7 Å². The minimum atomic E-state index is -0.324. The Balaban J connectivity index is 1.58. The summed E-state index contributed by atoms with van der Waals surface area (Å²) in [5.74, 6) is -0.324. The lowest BCUT2D eigenvalue weighted by Gasteiger charge is -2.36. The second-order valence-corrected chi connectivity index (χ2v) is 8.77. The summed E-state index contributed by atoms with van der Waals surface area (Å²) in [6.07, 6.45) is 0. The summed E-state index contributed by atoms with van der Waals surface area (Å²) >= 11 is 7.17. The quantitative estimate of drug-likeness (QED) is 0.600. The first-order chi connectivity index (χ1) is 13.4. The van der Waals surface area contributed by atoms with Crippen LogP contribution in [0.15, 0.2) is 24.3 Å². The monoisotopic (exact) mass is 417 g/mol. The third-order valence-corrected chi connectivity index (χ3v) is 6.66. The molecule has 0 saturated carbocycles. The molecule has 0 atom stereocenters. The second kappa shape index (κ2) is 9.03. The third-order valence-electron chi connectivity index (χ3n) is 5.18. The van der Waals surface area contributed by atoms with Gasteiger partial charge in [0.2, 0.25) is 0 Å². The van der Waals surface area contributed by atoms with Crippen molar-refractivity contribution in [2.24, 2.45) is 0 Å². The van der Waals surface area contributed by atoms with Crippen LogP contribution < -0.4 is 5.32 Å². The number of hydrogen-bond donors (Lipinski definition) is 1. The molecule has 150 valence electrons. The van der Waals surface area contributed by atoms with Crippen molar-refractivity contribution in [1.82, 2.24) is 9.80 Å². The van der Waals surface area contributed by atoms with Gasteiger partial charge in [-0.1, -0.05) is 29.8 Å². The van der Waals surface area contributed by atoms with Crippen molar-refractivity contribution in [3.63, 3.8) is 0 Å². The number of nitrogens with one attached hydrogen (secondary N) is 1. The van der Waals surface area contributed by atoms with E-state index >= 15 is 0 Å². The molecule has 0 spiro atoms. The number of carbonyl (C=O) groups is 1. The summed E-state index contributed by atoms with van der Waals surface area (Å²) in [7, 11) is 1.41. The molecule has 1 aromatic carbocycles. The van der Waals surface area contributed by atoms with Gasteiger partial charge < -0.3 is 15.0 Å². The number of methoxy groups -OCH3 is 1. The maximum Gasteiger partial charge on any atom is 0.341 e. The lowest BCUT2D eigenvalue weighted by molar-refractivity contribution is 0.0601. The highest BCUT2D eigenvalue weighted by Crippen LogP contribution is 2.33. The van der Waals surface area contributed by atoms with E-state index in [4.69, 9.17) is 17.0 Å². The van der Waals surface area contributed by atoms with Crippen molar-refractivity contribution in [2.75, 3.05) is 38.6 Å². The Labute approximate surface area is 176 Å². The Kier molecular flexibility index (Phi) is 6.69. The first-order valence-corrected chi connectivity index (χ1v) is 10.6. The number of anilines is 1. The van der Waals surface area contributed by atoms with Gasteiger partial charge >= 0.3 is 5.97 Å². The molecule has 0 radical (unpaired) electrons. The van der Waals surface area contributed by atoms with E-state index in [1.165, 1.54) is 18.2 Å². The number of ether oxygens (including phenoxy) is 1. The van der Waals surface area contributed by atoms with E-state index in [1.807, 2.05) is 13.8 Å². The molecular formula is C21H27N3O2S2. The van der Waals surface area contributed by atoms with Gasteiger partial charge in [0.1, 0.15) is 5.00 Å². The van der Waals surface area contributed by atoms with Crippen molar-refractivity contribution in [2.45, 2.75) is 27.3 Å². The second-order valence-electron chi connectivity index (χ2n) is 7.16. The molecule has 0 bridgehead atoms. The van der Waals surface area contributed by atoms with Gasteiger partial charge in [0.25, 0.3) is 0 Å². The Morgan fingerprint density at radius 1 is 1.14 bits per heavy atom. The molecule has 0 aliphatic carbocycles. The van der Waals surface area contributed by atoms with E-state index in [0.717, 1.165) is 48.2 Å². The Morgan fingerprint density at radius 2 is 1.79 bits per heavy atom. The summed E-state index contributed by atoms with van der Waals surface area (Å²) < 4.78 is 4.94. The fraction of sp³-hybridized carbons (Fsp3) is 0.429. The highest BCUT2D eigenvalue weighted by atomic mass is 32.1. The van der Waals surface area contributed by atoms with Crippen molar-refractivity contribution >= 4 is 39.6 Å². The van der Waals surface area contributed by atoms with Crippen molar-refractivity contribution in [1.29, 1.82) is 0 Å². The molecule has 1 N–H and O–H groups in total. The smallest absolute Gasteiger partial charge is 0.341 e. The van der Waals surface area contributed by atoms with Gasteiger partial charge in [-0.15, -0.1) is 11.3 Å². The predicted molar refractivity (Wildman–Crippen MR) is 119 cm³/mol. The minimum Gasteiger partial charge on any atom is -0.465 e. The molecule has 3 rings (SSSR count). The average Bonchev–Trinajstić information content (AvgIpc) is 2.97. The van der Waals surface area contributed by atoms with E-state index in [9.17, 15) is 4.79 Å². The van der Waals surface area contributed by atoms with Crippen LogP contribution in [-0.4, -0.2) is 54.2 Å². The molecule has 1 aromatic heterocycles. The number of carbonyl (C=O) groups excluding carboxylic acids is 1. The number of piperazine rings is 1. The maximum atomic E-state index is 12.1. The fourth-order valence-corrected chi connectivity index (χ4v) is 4.70. The summed E-state index contributed by atoms with van der Waals surface area (Å²) in [6.45, 7) is 10.7. The molecule has 1 aliphatic heterocycles. The van der Waals surface area contributed by atoms with Gasteiger partial charge in [-0.3, -0.25) is 4.90 Å². The van der Waals surface area contributed by atoms with Crippen LogP contribution in [0.1, 0.15) is 31.9 Å². The lowest BCUT2D eigenvalue weighted by atomic mass is 10.1. The largest absolute Gasteiger partial charge is 0.465 e. The Bertz CT molecular complexity index is 853. The molecular weight excluding hydrogens is 390 g/mol. The Hall–Kier alpha value is -1.96. The topological polar surface area (TPSA) is 44.8 Å². The minimum absolute atomic E-state index is 0.324. The van der Waals surface area contributed by atoms with Crippen LogP contribution in [0.2, 0.25) is 0 Å². The van der Waals surface area contributed by atoms with E-state index < -0.39 is 0 Å². The molecule has 5 nitrogen and oxygen atoms in total. The number of thiophene rings is 1. The molecule has 1 aliphatic rings. The molecule has 0 unspecified atom stereocenters. The summed E-state index contributed by atoms with van der Waals surface area (Å²) in [5, 5.41) is 4.72. The van der Waals surface area contributed by atoms with Gasteiger partial charge in [-0.25, -0.2) is 4.79 Å². The van der Waals surface area contributed by atoms with Gasteiger partial charge in [-0.2, -0.15) is 0 Å². The average molecular weight is 418 g/mol. The number of benzene rings is 1. The number of rotatable bonds is 4. The summed E-state index contributed by atoms with van der Waals surface area (Å²) in [5.41, 5.74) is 4.16. The number of esters is 1. The zero-order chi connectivity index (χ0) is 20.3. The first-order valence-electron chi connectivity index (χ1n) is 9.41. The van der Waals surface area contributed by atoms with Gasteiger partial charge in [0.15, 0.2) is 5.11 Å². The highest BCUT2D eigenvalue weighted by Gasteiger charge is 2.24. The normalized spacial score (nSPS) is 14.8. The van der Waals surface area contributed by atoms with E-state index in [-0.39, 0.29) is 5.97 Å². The number of nitrogens with zero attached hydrogens (tertiary/aromatic N) is 2. The predicted octanol–water partition coefficient (Wildman–Crippen LogP) is 3.97. The standard InChI is InChI=1S/C21H27N3O2S2/c1-14-5-7-17(8-6-14)13-23-9-11-24(12-10-23)21(27)22-19-18(20(25)26-4)15(2)16(3)28-19/h5-8H,9-13H2,1-4H3,(H,22,27). The molecule has 2 aromatic rings. The number of thiocarbonyl (C=S) groups is 1. The van der Waals surface area contributed by atoms with Crippen LogP contribution >= 0.6 is 23.6 Å². The van der Waals surface area contributed by atoms with Crippen LogP contribution in [0.3, 0.4) is 0 Å². The molecule has 2 heterocycles. The van der Waals surface area contributed by atoms with Gasteiger partial charge in [0.05, 0.1) is 12.7 Å². The highest BCUT2D eigenvalue weighted by molar-refractivity contribution is 7.80. The van der Waals surface area contributed by atoms with Crippen LogP contribution in [-0.2, 0) is 11.3 Å². The van der Waals surface area contributed by atoms with Crippen molar-refractivity contribution in [3.8, 4) is 0 Å². The number of hydrogen-bond acceptors (Lipinski definition) is 5. The molecule has 7 heteroatoms. The van der Waals surface area contributed by atoms with Crippen molar-refractivity contribution in [3.05, 3.63) is 51.4 Å². The third kappa shape index (κ3) is 4.71. The van der Waals surface area contributed by atoms with Crippen LogP contribution in [0.5, 0.6) is 0 Å². The molecule has 28 heavy (non-hydrogen) atoms. The lowest BCUT2D eigenvalue weighted by Crippen LogP contribution is -2.49.